The van der Waals surface area contributed by atoms with E-state index in [1.807, 2.05) is 11.0 Å². The van der Waals surface area contributed by atoms with Gasteiger partial charge in [0, 0.05) is 12.7 Å². The van der Waals surface area contributed by atoms with E-state index in [-0.39, 0.29) is 5.91 Å². The zero-order valence-corrected chi connectivity index (χ0v) is 7.73. The molecule has 14 heavy (non-hydrogen) atoms. The summed E-state index contributed by atoms with van der Waals surface area (Å²) in [4.78, 5) is 17.2. The van der Waals surface area contributed by atoms with Crippen molar-refractivity contribution in [2.45, 2.75) is 0 Å². The van der Waals surface area contributed by atoms with Crippen LogP contribution in [0, 0.1) is 0 Å². The van der Waals surface area contributed by atoms with Crippen molar-refractivity contribution in [3.05, 3.63) is 31.1 Å². The maximum Gasteiger partial charge on any atom is 0.244 e. The third-order valence-corrected chi connectivity index (χ3v) is 2.10. The van der Waals surface area contributed by atoms with Crippen LogP contribution in [0.15, 0.2) is 31.1 Å². The van der Waals surface area contributed by atoms with Crippen LogP contribution in [0.2, 0.25) is 0 Å². The Labute approximate surface area is 82.3 Å². The molecule has 72 valence electrons. The molecule has 0 saturated heterocycles. The van der Waals surface area contributed by atoms with Gasteiger partial charge in [-0.1, -0.05) is 6.08 Å². The van der Waals surface area contributed by atoms with E-state index in [9.17, 15) is 4.79 Å². The number of anilines is 2. The summed E-state index contributed by atoms with van der Waals surface area (Å²) in [6.07, 6.45) is 5.15. The molecule has 1 aromatic rings. The number of pyridine rings is 1. The number of carbonyl (C=O) groups excluding carboxylic acids is 1. The molecule has 4 nitrogen and oxygen atoms in total. The first kappa shape index (κ1) is 8.74. The van der Waals surface area contributed by atoms with Crippen molar-refractivity contribution in [1.29, 1.82) is 0 Å². The number of rotatable bonds is 2. The van der Waals surface area contributed by atoms with Crippen molar-refractivity contribution in [3.63, 3.8) is 0 Å². The summed E-state index contributed by atoms with van der Waals surface area (Å²) in [5.41, 5.74) is 1.77. The second kappa shape index (κ2) is 3.49. The standard InChI is InChI=1S/C10H11N3O/c1-2-5-13-7-10(14)12-8-6-11-4-3-9(8)13/h2-4,6H,1,5,7H2,(H,12,14). The zero-order valence-electron chi connectivity index (χ0n) is 7.73. The molecule has 0 fully saturated rings. The molecule has 0 aromatic carbocycles. The highest BCUT2D eigenvalue weighted by Gasteiger charge is 2.20. The molecule has 1 N–H and O–H groups in total. The van der Waals surface area contributed by atoms with Gasteiger partial charge in [-0.2, -0.15) is 0 Å². The van der Waals surface area contributed by atoms with Gasteiger partial charge in [0.1, 0.15) is 0 Å². The fourth-order valence-electron chi connectivity index (χ4n) is 1.53. The van der Waals surface area contributed by atoms with Gasteiger partial charge in [0.15, 0.2) is 0 Å². The molecule has 2 rings (SSSR count). The number of amides is 1. The second-order valence-electron chi connectivity index (χ2n) is 3.11. The van der Waals surface area contributed by atoms with E-state index in [1.54, 1.807) is 18.5 Å². The van der Waals surface area contributed by atoms with E-state index in [0.29, 0.717) is 13.1 Å². The predicted octanol–water partition coefficient (Wildman–Crippen LogP) is 1.03. The van der Waals surface area contributed by atoms with E-state index < -0.39 is 0 Å². The smallest absolute Gasteiger partial charge is 0.244 e. The van der Waals surface area contributed by atoms with E-state index in [4.69, 9.17) is 0 Å². The molecule has 0 spiro atoms. The Morgan fingerprint density at radius 2 is 2.57 bits per heavy atom. The Hall–Kier alpha value is -1.84. The Kier molecular flexibility index (Phi) is 2.18. The first-order chi connectivity index (χ1) is 6.81. The number of nitrogens with zero attached hydrogens (tertiary/aromatic N) is 2. The molecule has 1 aliphatic heterocycles. The molecule has 2 heterocycles. The van der Waals surface area contributed by atoms with Crippen LogP contribution < -0.4 is 10.2 Å². The topological polar surface area (TPSA) is 45.2 Å². The molecule has 1 aromatic heterocycles. The number of hydrogen-bond acceptors (Lipinski definition) is 3. The minimum atomic E-state index is -0.00708. The summed E-state index contributed by atoms with van der Waals surface area (Å²) < 4.78 is 0. The highest BCUT2D eigenvalue weighted by atomic mass is 16.2. The highest BCUT2D eigenvalue weighted by Crippen LogP contribution is 2.27. The fourth-order valence-corrected chi connectivity index (χ4v) is 1.53. The average Bonchev–Trinajstić information content (AvgIpc) is 2.18. The Morgan fingerprint density at radius 3 is 3.36 bits per heavy atom. The van der Waals surface area contributed by atoms with Crippen molar-refractivity contribution < 1.29 is 4.79 Å². The van der Waals surface area contributed by atoms with Gasteiger partial charge < -0.3 is 10.2 Å². The van der Waals surface area contributed by atoms with Crippen LogP contribution in [0.3, 0.4) is 0 Å². The summed E-state index contributed by atoms with van der Waals surface area (Å²) in [5, 5.41) is 2.77. The van der Waals surface area contributed by atoms with Gasteiger partial charge in [-0.25, -0.2) is 0 Å². The molecule has 0 atom stereocenters. The van der Waals surface area contributed by atoms with Gasteiger partial charge in [0.05, 0.1) is 24.1 Å². The summed E-state index contributed by atoms with van der Waals surface area (Å²) in [5.74, 6) is -0.00708. The molecular weight excluding hydrogens is 178 g/mol. The van der Waals surface area contributed by atoms with Gasteiger partial charge in [-0.3, -0.25) is 9.78 Å². The van der Waals surface area contributed by atoms with Crippen LogP contribution in [0.1, 0.15) is 0 Å². The maximum atomic E-state index is 11.3. The molecular formula is C10H11N3O. The van der Waals surface area contributed by atoms with E-state index in [1.165, 1.54) is 0 Å². The van der Waals surface area contributed by atoms with Crippen molar-refractivity contribution >= 4 is 17.3 Å². The van der Waals surface area contributed by atoms with E-state index >= 15 is 0 Å². The average molecular weight is 189 g/mol. The number of carbonyl (C=O) groups is 1. The lowest BCUT2D eigenvalue weighted by Gasteiger charge is -2.29. The number of hydrogen-bond donors (Lipinski definition) is 1. The molecule has 0 aliphatic carbocycles. The van der Waals surface area contributed by atoms with Gasteiger partial charge >= 0.3 is 0 Å². The Bertz CT molecular complexity index is 375. The normalized spacial score (nSPS) is 14.6. The molecule has 0 radical (unpaired) electrons. The Morgan fingerprint density at radius 1 is 1.71 bits per heavy atom. The van der Waals surface area contributed by atoms with Gasteiger partial charge in [0.2, 0.25) is 5.91 Å². The SMILES string of the molecule is C=CCN1CC(=O)Nc2cnccc21. The van der Waals surface area contributed by atoms with Crippen molar-refractivity contribution in [3.8, 4) is 0 Å². The number of nitrogens with one attached hydrogen (secondary N) is 1. The van der Waals surface area contributed by atoms with E-state index in [2.05, 4.69) is 16.9 Å². The molecule has 0 bridgehead atoms. The first-order valence-corrected chi connectivity index (χ1v) is 4.41. The Balaban J connectivity index is 2.37. The highest BCUT2D eigenvalue weighted by molar-refractivity contribution is 6.00. The molecule has 1 amide bonds. The maximum absolute atomic E-state index is 11.3. The predicted molar refractivity (Wildman–Crippen MR) is 55.3 cm³/mol. The summed E-state index contributed by atoms with van der Waals surface area (Å²) in [6.45, 7) is 4.71. The van der Waals surface area contributed by atoms with Crippen LogP contribution in [0.4, 0.5) is 11.4 Å². The minimum Gasteiger partial charge on any atom is -0.357 e. The molecule has 1 aliphatic rings. The van der Waals surface area contributed by atoms with Gasteiger partial charge in [0.25, 0.3) is 0 Å². The van der Waals surface area contributed by atoms with Gasteiger partial charge in [-0.05, 0) is 6.07 Å². The van der Waals surface area contributed by atoms with Crippen LogP contribution in [0.5, 0.6) is 0 Å². The summed E-state index contributed by atoms with van der Waals surface area (Å²) >= 11 is 0. The lowest BCUT2D eigenvalue weighted by atomic mass is 10.2. The lowest BCUT2D eigenvalue weighted by molar-refractivity contribution is -0.115. The van der Waals surface area contributed by atoms with Crippen LogP contribution in [-0.2, 0) is 4.79 Å². The third kappa shape index (κ3) is 1.46. The van der Waals surface area contributed by atoms with Crippen molar-refractivity contribution in [2.24, 2.45) is 0 Å². The first-order valence-electron chi connectivity index (χ1n) is 4.41. The van der Waals surface area contributed by atoms with Crippen molar-refractivity contribution in [2.75, 3.05) is 23.3 Å². The van der Waals surface area contributed by atoms with Crippen LogP contribution in [-0.4, -0.2) is 24.0 Å². The zero-order chi connectivity index (χ0) is 9.97. The largest absolute Gasteiger partial charge is 0.357 e. The third-order valence-electron chi connectivity index (χ3n) is 2.10. The summed E-state index contributed by atoms with van der Waals surface area (Å²) in [7, 11) is 0. The number of aromatic nitrogens is 1. The van der Waals surface area contributed by atoms with Crippen LogP contribution >= 0.6 is 0 Å². The fraction of sp³-hybridized carbons (Fsp3) is 0.200. The second-order valence-corrected chi connectivity index (χ2v) is 3.11. The van der Waals surface area contributed by atoms with Gasteiger partial charge in [-0.15, -0.1) is 6.58 Å². The van der Waals surface area contributed by atoms with Crippen LogP contribution in [0.25, 0.3) is 0 Å². The monoisotopic (exact) mass is 189 g/mol. The quantitative estimate of drug-likeness (QED) is 0.707. The van der Waals surface area contributed by atoms with Crippen molar-refractivity contribution in [1.82, 2.24) is 4.98 Å². The molecule has 0 saturated carbocycles. The minimum absolute atomic E-state index is 0.00708. The number of fused-ring (bicyclic) bond motifs is 1. The van der Waals surface area contributed by atoms with E-state index in [0.717, 1.165) is 11.4 Å². The summed E-state index contributed by atoms with van der Waals surface area (Å²) in [6, 6.07) is 1.89. The molecule has 4 heteroatoms. The molecule has 0 unspecified atom stereocenters. The lowest BCUT2D eigenvalue weighted by Crippen LogP contribution is -2.38.